The zero-order valence-corrected chi connectivity index (χ0v) is 13.8. The molecule has 0 bridgehead atoms. The van der Waals surface area contributed by atoms with Gasteiger partial charge in [-0.05, 0) is 30.7 Å². The maximum Gasteiger partial charge on any atom is 0.251 e. The SMILES string of the molecule is CCOc1ncccc1CNC(=O)c1ccc(CNC(C)=O)cc1. The van der Waals surface area contributed by atoms with Gasteiger partial charge >= 0.3 is 0 Å². The molecule has 0 aliphatic rings. The first kappa shape index (κ1) is 17.5. The first-order chi connectivity index (χ1) is 11.6. The minimum absolute atomic E-state index is 0.0848. The third-order valence-electron chi connectivity index (χ3n) is 3.33. The molecule has 1 heterocycles. The molecule has 2 aromatic rings. The summed E-state index contributed by atoms with van der Waals surface area (Å²) < 4.78 is 5.44. The fourth-order valence-corrected chi connectivity index (χ4v) is 2.10. The number of pyridine rings is 1. The second kappa shape index (κ2) is 8.67. The van der Waals surface area contributed by atoms with E-state index in [0.29, 0.717) is 31.1 Å². The van der Waals surface area contributed by atoms with Gasteiger partial charge in [-0.25, -0.2) is 4.98 Å². The van der Waals surface area contributed by atoms with Crippen molar-refractivity contribution in [2.45, 2.75) is 26.9 Å². The molecule has 6 heteroatoms. The van der Waals surface area contributed by atoms with Gasteiger partial charge in [0.05, 0.1) is 6.61 Å². The molecule has 0 saturated heterocycles. The van der Waals surface area contributed by atoms with E-state index in [1.54, 1.807) is 24.4 Å². The topological polar surface area (TPSA) is 80.3 Å². The summed E-state index contributed by atoms with van der Waals surface area (Å²) in [4.78, 5) is 27.3. The maximum atomic E-state index is 12.2. The Bertz CT molecular complexity index is 699. The van der Waals surface area contributed by atoms with E-state index in [1.807, 2.05) is 25.1 Å². The van der Waals surface area contributed by atoms with Gasteiger partial charge in [0.1, 0.15) is 0 Å². The van der Waals surface area contributed by atoms with Crippen molar-refractivity contribution in [1.82, 2.24) is 15.6 Å². The number of nitrogens with one attached hydrogen (secondary N) is 2. The summed E-state index contributed by atoms with van der Waals surface area (Å²) in [6.07, 6.45) is 1.66. The minimum atomic E-state index is -0.174. The summed E-state index contributed by atoms with van der Waals surface area (Å²) in [6, 6.07) is 10.8. The molecule has 24 heavy (non-hydrogen) atoms. The molecular formula is C18H21N3O3. The molecule has 1 aromatic carbocycles. The Kier molecular flexibility index (Phi) is 6.31. The average molecular weight is 327 g/mol. The number of nitrogens with zero attached hydrogens (tertiary/aromatic N) is 1. The molecule has 0 atom stereocenters. The van der Waals surface area contributed by atoms with Gasteiger partial charge in [0.15, 0.2) is 0 Å². The van der Waals surface area contributed by atoms with E-state index in [4.69, 9.17) is 4.74 Å². The third kappa shape index (κ3) is 5.08. The molecule has 2 rings (SSSR count). The second-order valence-electron chi connectivity index (χ2n) is 5.19. The molecule has 0 unspecified atom stereocenters. The number of hydrogen-bond acceptors (Lipinski definition) is 4. The van der Waals surface area contributed by atoms with Crippen molar-refractivity contribution in [1.29, 1.82) is 0 Å². The summed E-state index contributed by atoms with van der Waals surface area (Å²) in [5.41, 5.74) is 2.33. The van der Waals surface area contributed by atoms with Crippen molar-refractivity contribution in [2.24, 2.45) is 0 Å². The lowest BCUT2D eigenvalue weighted by atomic mass is 10.1. The van der Waals surface area contributed by atoms with Crippen LogP contribution in [0.5, 0.6) is 5.88 Å². The smallest absolute Gasteiger partial charge is 0.251 e. The van der Waals surface area contributed by atoms with Gasteiger partial charge in [-0.15, -0.1) is 0 Å². The number of ether oxygens (including phenoxy) is 1. The van der Waals surface area contributed by atoms with Crippen molar-refractivity contribution in [3.05, 3.63) is 59.3 Å². The Hall–Kier alpha value is -2.89. The van der Waals surface area contributed by atoms with Gasteiger partial charge in [-0.1, -0.05) is 18.2 Å². The molecule has 0 fully saturated rings. The van der Waals surface area contributed by atoms with Crippen LogP contribution < -0.4 is 15.4 Å². The number of aromatic nitrogens is 1. The summed E-state index contributed by atoms with van der Waals surface area (Å²) >= 11 is 0. The number of rotatable bonds is 7. The van der Waals surface area contributed by atoms with E-state index in [0.717, 1.165) is 11.1 Å². The van der Waals surface area contributed by atoms with Crippen molar-refractivity contribution in [3.8, 4) is 5.88 Å². The van der Waals surface area contributed by atoms with E-state index in [-0.39, 0.29) is 11.8 Å². The molecular weight excluding hydrogens is 306 g/mol. The largest absolute Gasteiger partial charge is 0.478 e. The standard InChI is InChI=1S/C18H21N3O3/c1-3-24-18-16(5-4-10-19-18)12-21-17(23)15-8-6-14(7-9-15)11-20-13(2)22/h4-10H,3,11-12H2,1-2H3,(H,20,22)(H,21,23). The Balaban J connectivity index is 1.94. The fraction of sp³-hybridized carbons (Fsp3) is 0.278. The van der Waals surface area contributed by atoms with Crippen LogP contribution in [0.25, 0.3) is 0 Å². The second-order valence-corrected chi connectivity index (χ2v) is 5.19. The highest BCUT2D eigenvalue weighted by atomic mass is 16.5. The number of carbonyl (C=O) groups excluding carboxylic acids is 2. The van der Waals surface area contributed by atoms with Crippen LogP contribution in [0.1, 0.15) is 35.3 Å². The Labute approximate surface area is 141 Å². The lowest BCUT2D eigenvalue weighted by Crippen LogP contribution is -2.23. The van der Waals surface area contributed by atoms with Gasteiger partial charge in [0.25, 0.3) is 5.91 Å². The Morgan fingerprint density at radius 1 is 1.08 bits per heavy atom. The van der Waals surface area contributed by atoms with Crippen LogP contribution in [0.3, 0.4) is 0 Å². The van der Waals surface area contributed by atoms with Crippen LogP contribution in [0.2, 0.25) is 0 Å². The average Bonchev–Trinajstić information content (AvgIpc) is 2.59. The van der Waals surface area contributed by atoms with Crippen LogP contribution in [0.15, 0.2) is 42.6 Å². The molecule has 0 radical (unpaired) electrons. The summed E-state index contributed by atoms with van der Waals surface area (Å²) in [5.74, 6) is 0.275. The number of benzene rings is 1. The van der Waals surface area contributed by atoms with Crippen LogP contribution in [-0.2, 0) is 17.9 Å². The highest BCUT2D eigenvalue weighted by Crippen LogP contribution is 2.14. The molecule has 0 aliphatic carbocycles. The minimum Gasteiger partial charge on any atom is -0.478 e. The molecule has 2 N–H and O–H groups in total. The van der Waals surface area contributed by atoms with E-state index in [1.165, 1.54) is 6.92 Å². The molecule has 2 amide bonds. The van der Waals surface area contributed by atoms with Crippen LogP contribution in [0.4, 0.5) is 0 Å². The normalized spacial score (nSPS) is 10.1. The number of hydrogen-bond donors (Lipinski definition) is 2. The van der Waals surface area contributed by atoms with Gasteiger partial charge in [0.2, 0.25) is 11.8 Å². The van der Waals surface area contributed by atoms with E-state index in [2.05, 4.69) is 15.6 Å². The first-order valence-electron chi connectivity index (χ1n) is 7.78. The molecule has 126 valence electrons. The summed E-state index contributed by atoms with van der Waals surface area (Å²) in [5, 5.41) is 5.57. The summed E-state index contributed by atoms with van der Waals surface area (Å²) in [6.45, 7) is 4.67. The Morgan fingerprint density at radius 3 is 2.50 bits per heavy atom. The van der Waals surface area contributed by atoms with Crippen LogP contribution in [-0.4, -0.2) is 23.4 Å². The predicted molar refractivity (Wildman–Crippen MR) is 90.5 cm³/mol. The van der Waals surface area contributed by atoms with E-state index in [9.17, 15) is 9.59 Å². The maximum absolute atomic E-state index is 12.2. The highest BCUT2D eigenvalue weighted by molar-refractivity contribution is 5.94. The van der Waals surface area contributed by atoms with Gasteiger partial charge in [0, 0.05) is 37.3 Å². The fourth-order valence-electron chi connectivity index (χ4n) is 2.10. The van der Waals surface area contributed by atoms with Crippen molar-refractivity contribution in [3.63, 3.8) is 0 Å². The van der Waals surface area contributed by atoms with Gasteiger partial charge in [-0.2, -0.15) is 0 Å². The number of amides is 2. The summed E-state index contributed by atoms with van der Waals surface area (Å²) in [7, 11) is 0. The molecule has 6 nitrogen and oxygen atoms in total. The van der Waals surface area contributed by atoms with Crippen molar-refractivity contribution in [2.75, 3.05) is 6.61 Å². The van der Waals surface area contributed by atoms with Crippen LogP contribution >= 0.6 is 0 Å². The first-order valence-corrected chi connectivity index (χ1v) is 7.78. The quantitative estimate of drug-likeness (QED) is 0.815. The van der Waals surface area contributed by atoms with Crippen LogP contribution in [0, 0.1) is 0 Å². The number of carbonyl (C=O) groups is 2. The van der Waals surface area contributed by atoms with Gasteiger partial charge < -0.3 is 15.4 Å². The lowest BCUT2D eigenvalue weighted by Gasteiger charge is -2.10. The molecule has 0 spiro atoms. The van der Waals surface area contributed by atoms with Crippen molar-refractivity contribution < 1.29 is 14.3 Å². The monoisotopic (exact) mass is 327 g/mol. The lowest BCUT2D eigenvalue weighted by molar-refractivity contribution is -0.119. The highest BCUT2D eigenvalue weighted by Gasteiger charge is 2.08. The molecule has 1 aromatic heterocycles. The molecule has 0 aliphatic heterocycles. The zero-order chi connectivity index (χ0) is 17.4. The predicted octanol–water partition coefficient (Wildman–Crippen LogP) is 2.05. The Morgan fingerprint density at radius 2 is 1.83 bits per heavy atom. The zero-order valence-electron chi connectivity index (χ0n) is 13.8. The third-order valence-corrected chi connectivity index (χ3v) is 3.33. The van der Waals surface area contributed by atoms with E-state index < -0.39 is 0 Å². The van der Waals surface area contributed by atoms with E-state index >= 15 is 0 Å². The molecule has 0 saturated carbocycles. The van der Waals surface area contributed by atoms with Crippen molar-refractivity contribution >= 4 is 11.8 Å². The van der Waals surface area contributed by atoms with Gasteiger partial charge in [-0.3, -0.25) is 9.59 Å².